The fourth-order valence-electron chi connectivity index (χ4n) is 1.68. The molecule has 0 saturated heterocycles. The Hall–Kier alpha value is -1.24. The first-order chi connectivity index (χ1) is 9.94. The molecule has 0 radical (unpaired) electrons. The van der Waals surface area contributed by atoms with Crippen LogP contribution in [0.2, 0.25) is 18.1 Å². The zero-order valence-corrected chi connectivity index (χ0v) is 15.1. The smallest absolute Gasteiger partial charge is 0.331 e. The van der Waals surface area contributed by atoms with Crippen LogP contribution in [0, 0.1) is 0 Å². The van der Waals surface area contributed by atoms with Crippen molar-refractivity contribution in [3.8, 4) is 0 Å². The predicted octanol–water partition coefficient (Wildman–Crippen LogP) is 2.36. The molecule has 0 aromatic heterocycles. The number of cyclic esters (lactones) is 1. The Morgan fingerprint density at radius 2 is 2.05 bits per heavy atom. The zero-order chi connectivity index (χ0) is 17.1. The fraction of sp³-hybridized carbons (Fsp3) is 0.625. The second-order valence-electron chi connectivity index (χ2n) is 7.03. The van der Waals surface area contributed by atoms with Crippen LogP contribution in [0.25, 0.3) is 0 Å². The number of ketones is 1. The maximum absolute atomic E-state index is 12.1. The highest BCUT2D eigenvalue weighted by Gasteiger charge is 2.39. The average Bonchev–Trinajstić information content (AvgIpc) is 2.37. The van der Waals surface area contributed by atoms with Gasteiger partial charge in [-0.15, -0.1) is 0 Å². The minimum atomic E-state index is -2.02. The molecular weight excluding hydrogens is 300 g/mol. The molecule has 0 aliphatic carbocycles. The van der Waals surface area contributed by atoms with Crippen LogP contribution in [0.4, 0.5) is 0 Å². The molecule has 5 nitrogen and oxygen atoms in total. The quantitative estimate of drug-likeness (QED) is 0.477. The van der Waals surface area contributed by atoms with Crippen molar-refractivity contribution in [3.05, 3.63) is 24.3 Å². The van der Waals surface area contributed by atoms with E-state index in [9.17, 15) is 14.7 Å². The van der Waals surface area contributed by atoms with Gasteiger partial charge in [0.2, 0.25) is 0 Å². The number of ether oxygens (including phenoxy) is 1. The van der Waals surface area contributed by atoms with Gasteiger partial charge in [0.25, 0.3) is 0 Å². The van der Waals surface area contributed by atoms with Crippen molar-refractivity contribution in [2.24, 2.45) is 0 Å². The van der Waals surface area contributed by atoms with Crippen molar-refractivity contribution in [2.75, 3.05) is 0 Å². The van der Waals surface area contributed by atoms with Crippen molar-refractivity contribution < 1.29 is 23.9 Å². The Morgan fingerprint density at radius 1 is 1.45 bits per heavy atom. The highest BCUT2D eigenvalue weighted by molar-refractivity contribution is 6.74. The SMILES string of the molecule is C[C@H](O[Si](C)(C)C(C)(C)C)C(=O)/C=C/[C@@H]1OC(=O)C=C[C@@H]1O. The molecule has 1 rings (SSSR count). The number of rotatable bonds is 5. The van der Waals surface area contributed by atoms with Crippen molar-refractivity contribution in [1.29, 1.82) is 0 Å². The van der Waals surface area contributed by atoms with Crippen LogP contribution in [0.3, 0.4) is 0 Å². The molecule has 1 heterocycles. The molecule has 3 atom stereocenters. The third-order valence-corrected chi connectivity index (χ3v) is 8.70. The Morgan fingerprint density at radius 3 is 2.59 bits per heavy atom. The zero-order valence-electron chi connectivity index (χ0n) is 14.1. The van der Waals surface area contributed by atoms with Gasteiger partial charge in [-0.25, -0.2) is 4.79 Å². The van der Waals surface area contributed by atoms with Crippen molar-refractivity contribution in [3.63, 3.8) is 0 Å². The molecule has 0 saturated carbocycles. The number of hydrogen-bond acceptors (Lipinski definition) is 5. The molecule has 0 unspecified atom stereocenters. The maximum Gasteiger partial charge on any atom is 0.331 e. The second-order valence-corrected chi connectivity index (χ2v) is 11.8. The van der Waals surface area contributed by atoms with E-state index in [1.807, 2.05) is 0 Å². The Bertz CT molecular complexity index is 487. The van der Waals surface area contributed by atoms with Gasteiger partial charge >= 0.3 is 5.97 Å². The van der Waals surface area contributed by atoms with Crippen molar-refractivity contribution in [1.82, 2.24) is 0 Å². The van der Waals surface area contributed by atoms with E-state index < -0.39 is 32.6 Å². The lowest BCUT2D eigenvalue weighted by Gasteiger charge is -2.37. The van der Waals surface area contributed by atoms with Crippen molar-refractivity contribution >= 4 is 20.1 Å². The summed E-state index contributed by atoms with van der Waals surface area (Å²) in [7, 11) is -2.02. The van der Waals surface area contributed by atoms with Crippen LogP contribution in [-0.4, -0.2) is 43.5 Å². The predicted molar refractivity (Wildman–Crippen MR) is 86.9 cm³/mol. The summed E-state index contributed by atoms with van der Waals surface area (Å²) in [6, 6.07) is 0. The van der Waals surface area contributed by atoms with E-state index in [-0.39, 0.29) is 10.8 Å². The summed E-state index contributed by atoms with van der Waals surface area (Å²) in [5, 5.41) is 9.70. The van der Waals surface area contributed by atoms with Gasteiger partial charge in [0.1, 0.15) is 12.2 Å². The van der Waals surface area contributed by atoms with Crippen LogP contribution in [-0.2, 0) is 18.8 Å². The van der Waals surface area contributed by atoms with Gasteiger partial charge in [0.05, 0.1) is 0 Å². The molecule has 0 spiro atoms. The summed E-state index contributed by atoms with van der Waals surface area (Å²) >= 11 is 0. The molecule has 22 heavy (non-hydrogen) atoms. The minimum Gasteiger partial charge on any atom is -0.452 e. The molecule has 0 fully saturated rings. The Kier molecular flexibility index (Phi) is 5.89. The van der Waals surface area contributed by atoms with E-state index in [1.54, 1.807) is 6.92 Å². The van der Waals surface area contributed by atoms with Crippen LogP contribution >= 0.6 is 0 Å². The Labute approximate surface area is 133 Å². The van der Waals surface area contributed by atoms with E-state index >= 15 is 0 Å². The summed E-state index contributed by atoms with van der Waals surface area (Å²) in [4.78, 5) is 23.3. The summed E-state index contributed by atoms with van der Waals surface area (Å²) in [6.07, 6.45) is 2.91. The topological polar surface area (TPSA) is 72.8 Å². The highest BCUT2D eigenvalue weighted by Crippen LogP contribution is 2.37. The number of carbonyl (C=O) groups excluding carboxylic acids is 2. The van der Waals surface area contributed by atoms with Crippen molar-refractivity contribution in [2.45, 2.75) is 64.1 Å². The largest absolute Gasteiger partial charge is 0.452 e. The summed E-state index contributed by atoms with van der Waals surface area (Å²) in [6.45, 7) is 12.2. The standard InChI is InChI=1S/C16H26O5Si/c1-11(21-22(5,6)16(2,3)4)12(17)7-9-14-13(18)8-10-15(19)20-14/h7-11,13-14,18H,1-6H3/b9-7+/t11-,13-,14-/m0/s1. The Balaban J connectivity index is 2.67. The molecule has 1 aliphatic heterocycles. The van der Waals surface area contributed by atoms with Gasteiger partial charge in [0.15, 0.2) is 20.2 Å². The van der Waals surface area contributed by atoms with Gasteiger partial charge in [-0.2, -0.15) is 0 Å². The number of aliphatic hydroxyl groups is 1. The molecule has 0 bridgehead atoms. The van der Waals surface area contributed by atoms with E-state index in [0.29, 0.717) is 0 Å². The van der Waals surface area contributed by atoms with Crippen LogP contribution in [0.5, 0.6) is 0 Å². The van der Waals surface area contributed by atoms with Crippen LogP contribution in [0.15, 0.2) is 24.3 Å². The molecule has 0 amide bonds. The molecule has 1 aliphatic rings. The third-order valence-electron chi connectivity index (χ3n) is 4.15. The van der Waals surface area contributed by atoms with Crippen LogP contribution in [0.1, 0.15) is 27.7 Å². The minimum absolute atomic E-state index is 0.0190. The van der Waals surface area contributed by atoms with Gasteiger partial charge < -0.3 is 14.3 Å². The monoisotopic (exact) mass is 326 g/mol. The first-order valence-electron chi connectivity index (χ1n) is 7.41. The lowest BCUT2D eigenvalue weighted by molar-refractivity contribution is -0.146. The highest BCUT2D eigenvalue weighted by atomic mass is 28.4. The van der Waals surface area contributed by atoms with E-state index in [4.69, 9.17) is 9.16 Å². The second kappa shape index (κ2) is 6.89. The maximum atomic E-state index is 12.1. The normalized spacial score (nSPS) is 24.4. The number of aliphatic hydroxyl groups excluding tert-OH is 1. The average molecular weight is 326 g/mol. The first-order valence-corrected chi connectivity index (χ1v) is 10.3. The van der Waals surface area contributed by atoms with Gasteiger partial charge in [0, 0.05) is 6.08 Å². The lowest BCUT2D eigenvalue weighted by atomic mass is 10.1. The van der Waals surface area contributed by atoms with Gasteiger partial charge in [-0.1, -0.05) is 20.8 Å². The summed E-state index contributed by atoms with van der Waals surface area (Å²) in [5.74, 6) is -0.736. The number of esters is 1. The molecular formula is C16H26O5Si. The molecule has 6 heteroatoms. The first kappa shape index (κ1) is 18.8. The molecule has 0 aromatic carbocycles. The molecule has 124 valence electrons. The van der Waals surface area contributed by atoms with E-state index in [0.717, 1.165) is 0 Å². The van der Waals surface area contributed by atoms with Gasteiger partial charge in [-0.3, -0.25) is 4.79 Å². The van der Waals surface area contributed by atoms with E-state index in [1.165, 1.54) is 24.3 Å². The summed E-state index contributed by atoms with van der Waals surface area (Å²) < 4.78 is 10.9. The number of hydrogen-bond donors (Lipinski definition) is 1. The third kappa shape index (κ3) is 4.90. The summed E-state index contributed by atoms with van der Waals surface area (Å²) in [5.41, 5.74) is 0. The van der Waals surface area contributed by atoms with Crippen LogP contribution < -0.4 is 0 Å². The van der Waals surface area contributed by atoms with Gasteiger partial charge in [-0.05, 0) is 43.3 Å². The molecule has 1 N–H and O–H groups in total. The lowest BCUT2D eigenvalue weighted by Crippen LogP contribution is -2.45. The fourth-order valence-corrected chi connectivity index (χ4v) is 3.04. The number of carbonyl (C=O) groups is 2. The van der Waals surface area contributed by atoms with E-state index in [2.05, 4.69) is 33.9 Å². The molecule has 0 aromatic rings.